The fourth-order valence-corrected chi connectivity index (χ4v) is 3.19. The highest BCUT2D eigenvalue weighted by Gasteiger charge is 2.17. The number of ether oxygens (including phenoxy) is 1. The van der Waals surface area contributed by atoms with Crippen molar-refractivity contribution in [1.29, 1.82) is 0 Å². The van der Waals surface area contributed by atoms with E-state index in [1.54, 1.807) is 13.0 Å². The highest BCUT2D eigenvalue weighted by Crippen LogP contribution is 2.35. The largest absolute Gasteiger partial charge is 0.493 e. The van der Waals surface area contributed by atoms with Crippen LogP contribution in [-0.4, -0.2) is 21.0 Å². The molecule has 0 aliphatic heterocycles. The molecule has 118 valence electrons. The molecule has 0 saturated carbocycles. The molecule has 3 nitrogen and oxygen atoms in total. The van der Waals surface area contributed by atoms with Gasteiger partial charge in [-0.1, -0.05) is 25.7 Å². The second-order valence-corrected chi connectivity index (χ2v) is 11.9. The summed E-state index contributed by atoms with van der Waals surface area (Å²) in [6.45, 7) is 9.10. The predicted molar refractivity (Wildman–Crippen MR) is 86.7 cm³/mol. The number of rotatable bonds is 7. The summed E-state index contributed by atoms with van der Waals surface area (Å²) in [6.07, 6.45) is -0.601. The molecule has 0 saturated heterocycles. The summed E-state index contributed by atoms with van der Waals surface area (Å²) >= 11 is 0. The van der Waals surface area contributed by atoms with Crippen LogP contribution in [0.4, 0.5) is 14.5 Å². The molecule has 0 amide bonds. The first-order valence-corrected chi connectivity index (χ1v) is 10.7. The van der Waals surface area contributed by atoms with E-state index >= 15 is 0 Å². The number of benzene rings is 1. The molecule has 0 aromatic heterocycles. The van der Waals surface area contributed by atoms with Crippen LogP contribution in [0.5, 0.6) is 5.75 Å². The van der Waals surface area contributed by atoms with Crippen molar-refractivity contribution in [2.75, 3.05) is 6.61 Å². The van der Waals surface area contributed by atoms with Crippen molar-refractivity contribution in [2.24, 2.45) is 10.7 Å². The van der Waals surface area contributed by atoms with Gasteiger partial charge < -0.3 is 10.5 Å². The Kier molecular flexibility index (Phi) is 6.33. The minimum atomic E-state index is -2.59. The number of aryl methyl sites for hydroxylation is 1. The zero-order valence-corrected chi connectivity index (χ0v) is 14.1. The average Bonchev–Trinajstić information content (AvgIpc) is 2.36. The maximum atomic E-state index is 13.1. The first-order valence-electron chi connectivity index (χ1n) is 7.04. The van der Waals surface area contributed by atoms with E-state index in [9.17, 15) is 8.78 Å². The zero-order valence-electron chi connectivity index (χ0n) is 13.1. The van der Waals surface area contributed by atoms with Gasteiger partial charge in [-0.2, -0.15) is 0 Å². The van der Waals surface area contributed by atoms with Crippen LogP contribution in [0.25, 0.3) is 0 Å². The maximum absolute atomic E-state index is 13.1. The van der Waals surface area contributed by atoms with Gasteiger partial charge >= 0.3 is 0 Å². The Balaban J connectivity index is 2.83. The van der Waals surface area contributed by atoms with Crippen LogP contribution in [0.15, 0.2) is 17.1 Å². The van der Waals surface area contributed by atoms with Crippen LogP contribution in [0, 0.1) is 6.92 Å². The highest BCUT2D eigenvalue weighted by atomic mass is 28.3. The van der Waals surface area contributed by atoms with Gasteiger partial charge in [0.15, 0.2) is 0 Å². The van der Waals surface area contributed by atoms with Crippen molar-refractivity contribution < 1.29 is 13.5 Å². The summed E-state index contributed by atoms with van der Waals surface area (Å²) in [6, 6.07) is 4.07. The molecule has 0 spiro atoms. The molecule has 0 aliphatic carbocycles. The molecule has 1 aromatic rings. The van der Waals surface area contributed by atoms with E-state index in [4.69, 9.17) is 10.5 Å². The molecular weight excluding hydrogens is 290 g/mol. The number of hydrogen-bond donors (Lipinski definition) is 1. The lowest BCUT2D eigenvalue weighted by Crippen LogP contribution is -2.20. The van der Waals surface area contributed by atoms with Gasteiger partial charge in [-0.05, 0) is 31.0 Å². The summed E-state index contributed by atoms with van der Waals surface area (Å²) in [5.41, 5.74) is 6.31. The summed E-state index contributed by atoms with van der Waals surface area (Å²) in [4.78, 5) is 3.89. The number of halogens is 2. The fourth-order valence-electron chi connectivity index (χ4n) is 1.99. The van der Waals surface area contributed by atoms with Crippen molar-refractivity contribution >= 4 is 20.1 Å². The lowest BCUT2D eigenvalue weighted by atomic mass is 10.1. The molecule has 6 heteroatoms. The SMILES string of the molecule is Cc1cc(OCCC[Si](C)(C)C)c(C(F)F)cc1N=CN. The first kappa shape index (κ1) is 17.6. The Hall–Kier alpha value is -1.43. The smallest absolute Gasteiger partial charge is 0.267 e. The van der Waals surface area contributed by atoms with Gasteiger partial charge in [0.1, 0.15) is 5.75 Å². The molecule has 0 fully saturated rings. The van der Waals surface area contributed by atoms with E-state index in [1.165, 1.54) is 6.07 Å². The van der Waals surface area contributed by atoms with E-state index in [0.717, 1.165) is 24.4 Å². The zero-order chi connectivity index (χ0) is 16.0. The lowest BCUT2D eigenvalue weighted by Gasteiger charge is -2.17. The number of aliphatic imine (C=N–C) groups is 1. The van der Waals surface area contributed by atoms with E-state index < -0.39 is 14.5 Å². The van der Waals surface area contributed by atoms with E-state index in [1.807, 2.05) is 0 Å². The van der Waals surface area contributed by atoms with Gasteiger partial charge in [0.2, 0.25) is 0 Å². The summed E-state index contributed by atoms with van der Waals surface area (Å²) in [7, 11) is -1.12. The molecule has 0 aliphatic rings. The second kappa shape index (κ2) is 7.54. The van der Waals surface area contributed by atoms with Gasteiger partial charge in [-0.25, -0.2) is 13.8 Å². The number of alkyl halides is 2. The molecule has 0 atom stereocenters. The predicted octanol–water partition coefficient (Wildman–Crippen LogP) is 4.66. The van der Waals surface area contributed by atoms with E-state index in [2.05, 4.69) is 24.6 Å². The molecule has 0 bridgehead atoms. The Morgan fingerprint density at radius 3 is 2.52 bits per heavy atom. The third-order valence-electron chi connectivity index (χ3n) is 3.11. The summed E-state index contributed by atoms with van der Waals surface area (Å²) < 4.78 is 31.8. The van der Waals surface area contributed by atoms with E-state index in [0.29, 0.717) is 12.3 Å². The van der Waals surface area contributed by atoms with Crippen molar-refractivity contribution in [3.63, 3.8) is 0 Å². The molecule has 21 heavy (non-hydrogen) atoms. The highest BCUT2D eigenvalue weighted by molar-refractivity contribution is 6.76. The minimum absolute atomic E-state index is 0.130. The van der Waals surface area contributed by atoms with Crippen molar-refractivity contribution in [1.82, 2.24) is 0 Å². The van der Waals surface area contributed by atoms with Crippen molar-refractivity contribution in [3.8, 4) is 5.75 Å². The van der Waals surface area contributed by atoms with Crippen LogP contribution in [0.3, 0.4) is 0 Å². The molecular formula is C15H24F2N2OSi. The number of hydrogen-bond acceptors (Lipinski definition) is 2. The Morgan fingerprint density at radius 2 is 2.00 bits per heavy atom. The quantitative estimate of drug-likeness (QED) is 0.344. The average molecular weight is 314 g/mol. The maximum Gasteiger partial charge on any atom is 0.267 e. The van der Waals surface area contributed by atoms with Crippen molar-refractivity contribution in [2.45, 2.75) is 45.5 Å². The van der Waals surface area contributed by atoms with Gasteiger partial charge in [-0.15, -0.1) is 0 Å². The van der Waals surface area contributed by atoms with Gasteiger partial charge in [-0.3, -0.25) is 0 Å². The Morgan fingerprint density at radius 1 is 1.33 bits per heavy atom. The molecule has 1 aromatic carbocycles. The van der Waals surface area contributed by atoms with Crippen LogP contribution >= 0.6 is 0 Å². The van der Waals surface area contributed by atoms with Gasteiger partial charge in [0, 0.05) is 8.07 Å². The van der Waals surface area contributed by atoms with Crippen LogP contribution in [0.2, 0.25) is 25.7 Å². The minimum Gasteiger partial charge on any atom is -0.493 e. The van der Waals surface area contributed by atoms with Crippen LogP contribution in [-0.2, 0) is 0 Å². The molecule has 1 rings (SSSR count). The Labute approximate surface area is 126 Å². The van der Waals surface area contributed by atoms with Gasteiger partial charge in [0.05, 0.1) is 24.2 Å². The van der Waals surface area contributed by atoms with Gasteiger partial charge in [0.25, 0.3) is 6.43 Å². The summed E-state index contributed by atoms with van der Waals surface area (Å²) in [5.74, 6) is 0.244. The normalized spacial score (nSPS) is 12.3. The monoisotopic (exact) mass is 314 g/mol. The molecule has 0 radical (unpaired) electrons. The third kappa shape index (κ3) is 5.83. The summed E-state index contributed by atoms with van der Waals surface area (Å²) in [5, 5.41) is 0. The van der Waals surface area contributed by atoms with E-state index in [-0.39, 0.29) is 11.3 Å². The second-order valence-electron chi connectivity index (χ2n) is 6.27. The molecule has 0 unspecified atom stereocenters. The van der Waals surface area contributed by atoms with Crippen LogP contribution < -0.4 is 10.5 Å². The number of nitrogens with two attached hydrogens (primary N) is 1. The topological polar surface area (TPSA) is 47.6 Å². The Bertz CT molecular complexity index is 499. The molecule has 2 N–H and O–H groups in total. The van der Waals surface area contributed by atoms with Crippen molar-refractivity contribution in [3.05, 3.63) is 23.3 Å². The molecule has 0 heterocycles. The number of nitrogens with zero attached hydrogens (tertiary/aromatic N) is 1. The van der Waals surface area contributed by atoms with Crippen LogP contribution in [0.1, 0.15) is 24.0 Å². The third-order valence-corrected chi connectivity index (χ3v) is 4.96. The standard InChI is InChI=1S/C15H24F2N2OSi/c1-11-8-14(20-6-5-7-21(2,3)4)12(15(16)17)9-13(11)19-10-18/h8-10,15H,5-7H2,1-4H3,(H2,18,19). The fraction of sp³-hybridized carbons (Fsp3) is 0.533. The first-order chi connectivity index (χ1) is 9.74. The lowest BCUT2D eigenvalue weighted by molar-refractivity contribution is 0.145.